The van der Waals surface area contributed by atoms with Gasteiger partial charge in [-0.15, -0.1) is 11.3 Å². The van der Waals surface area contributed by atoms with Gasteiger partial charge in [-0.1, -0.05) is 13.8 Å². The zero-order valence-electron chi connectivity index (χ0n) is 11.8. The van der Waals surface area contributed by atoms with Crippen LogP contribution in [0, 0.1) is 0 Å². The van der Waals surface area contributed by atoms with E-state index in [-0.39, 0.29) is 0 Å². The predicted molar refractivity (Wildman–Crippen MR) is 86.0 cm³/mol. The molecule has 0 N–H and O–H groups in total. The Hall–Kier alpha value is -0.910. The normalized spacial score (nSPS) is 19.4. The molecule has 0 aliphatic carbocycles. The predicted octanol–water partition coefficient (Wildman–Crippen LogP) is 3.27. The summed E-state index contributed by atoms with van der Waals surface area (Å²) in [6.07, 6.45) is 1.19. The van der Waals surface area contributed by atoms with Crippen LogP contribution in [-0.2, 0) is 0 Å². The molecule has 1 fully saturated rings. The molecule has 0 spiro atoms. The number of rotatable bonds is 4. The quantitative estimate of drug-likeness (QED) is 0.811. The van der Waals surface area contributed by atoms with Crippen LogP contribution in [0.4, 0.5) is 5.82 Å². The average Bonchev–Trinajstić information content (AvgIpc) is 3.08. The van der Waals surface area contributed by atoms with Crippen molar-refractivity contribution in [3.8, 4) is 0 Å². The minimum Gasteiger partial charge on any atom is -0.354 e. The molecule has 3 rings (SSSR count). The highest BCUT2D eigenvalue weighted by Gasteiger charge is 2.28. The molecule has 0 aromatic carbocycles. The Labute approximate surface area is 128 Å². The van der Waals surface area contributed by atoms with Crippen LogP contribution >= 0.6 is 22.9 Å². The summed E-state index contributed by atoms with van der Waals surface area (Å²) in [6.45, 7) is 8.73. The van der Waals surface area contributed by atoms with E-state index in [2.05, 4.69) is 45.1 Å². The third-order valence-electron chi connectivity index (χ3n) is 4.07. The number of hydrogen-bond donors (Lipinski definition) is 0. The maximum absolute atomic E-state index is 6.06. The van der Waals surface area contributed by atoms with Gasteiger partial charge in [0.15, 0.2) is 0 Å². The molecule has 6 heteroatoms. The Morgan fingerprint density at radius 1 is 1.40 bits per heavy atom. The van der Waals surface area contributed by atoms with Crippen LogP contribution in [0.3, 0.4) is 0 Å². The van der Waals surface area contributed by atoms with Crippen molar-refractivity contribution in [3.63, 3.8) is 0 Å². The van der Waals surface area contributed by atoms with Gasteiger partial charge < -0.3 is 4.90 Å². The van der Waals surface area contributed by atoms with Crippen LogP contribution in [0.5, 0.6) is 0 Å². The van der Waals surface area contributed by atoms with Gasteiger partial charge in [-0.2, -0.15) is 4.98 Å². The standard InChI is InChI=1S/C14H19ClN4S/c1-3-18(4-2)10-5-7-19(9-10)12-11-6-8-20-13(11)17-14(15)16-12/h6,8,10H,3-5,7,9H2,1-2H3. The Morgan fingerprint density at radius 2 is 2.20 bits per heavy atom. The Kier molecular flexibility index (Phi) is 4.10. The van der Waals surface area contributed by atoms with E-state index in [0.717, 1.165) is 42.2 Å². The van der Waals surface area contributed by atoms with Crippen LogP contribution in [-0.4, -0.2) is 47.1 Å². The average molecular weight is 311 g/mol. The first-order valence-corrected chi connectivity index (χ1v) is 8.38. The summed E-state index contributed by atoms with van der Waals surface area (Å²) in [4.78, 5) is 14.6. The van der Waals surface area contributed by atoms with Crippen molar-refractivity contribution in [2.75, 3.05) is 31.1 Å². The van der Waals surface area contributed by atoms with E-state index in [9.17, 15) is 0 Å². The second-order valence-corrected chi connectivity index (χ2v) is 6.30. The lowest BCUT2D eigenvalue weighted by Crippen LogP contribution is -2.37. The van der Waals surface area contributed by atoms with Gasteiger partial charge in [-0.25, -0.2) is 4.98 Å². The lowest BCUT2D eigenvalue weighted by atomic mass is 10.2. The van der Waals surface area contributed by atoms with Gasteiger partial charge >= 0.3 is 0 Å². The molecule has 1 saturated heterocycles. The van der Waals surface area contributed by atoms with Crippen molar-refractivity contribution in [2.45, 2.75) is 26.3 Å². The third kappa shape index (κ3) is 2.50. The molecule has 0 amide bonds. The summed E-state index contributed by atoms with van der Waals surface area (Å²) < 4.78 is 0. The van der Waals surface area contributed by atoms with Gasteiger partial charge in [-0.05, 0) is 42.6 Å². The van der Waals surface area contributed by atoms with Crippen molar-refractivity contribution in [2.24, 2.45) is 0 Å². The molecule has 0 bridgehead atoms. The van der Waals surface area contributed by atoms with Gasteiger partial charge in [0.05, 0.1) is 5.39 Å². The molecule has 2 aromatic rings. The van der Waals surface area contributed by atoms with Crippen molar-refractivity contribution in [1.82, 2.24) is 14.9 Å². The molecule has 20 heavy (non-hydrogen) atoms. The number of hydrogen-bond acceptors (Lipinski definition) is 5. The van der Waals surface area contributed by atoms with E-state index >= 15 is 0 Å². The molecule has 2 aromatic heterocycles. The minimum atomic E-state index is 0.348. The largest absolute Gasteiger partial charge is 0.354 e. The fourth-order valence-electron chi connectivity index (χ4n) is 3.03. The van der Waals surface area contributed by atoms with Gasteiger partial charge in [0.2, 0.25) is 5.28 Å². The van der Waals surface area contributed by atoms with Crippen molar-refractivity contribution < 1.29 is 0 Å². The maximum Gasteiger partial charge on any atom is 0.225 e. The molecule has 0 radical (unpaired) electrons. The van der Waals surface area contributed by atoms with E-state index in [4.69, 9.17) is 11.6 Å². The number of aromatic nitrogens is 2. The molecule has 1 atom stereocenters. The summed E-state index contributed by atoms with van der Waals surface area (Å²) >= 11 is 7.68. The maximum atomic E-state index is 6.06. The number of fused-ring (bicyclic) bond motifs is 1. The van der Waals surface area contributed by atoms with E-state index in [1.807, 2.05) is 0 Å². The van der Waals surface area contributed by atoms with Crippen molar-refractivity contribution in [1.29, 1.82) is 0 Å². The summed E-state index contributed by atoms with van der Waals surface area (Å²) in [5.41, 5.74) is 0. The second kappa shape index (κ2) is 5.84. The number of nitrogens with zero attached hydrogens (tertiary/aromatic N) is 4. The van der Waals surface area contributed by atoms with Crippen molar-refractivity contribution in [3.05, 3.63) is 16.7 Å². The second-order valence-electron chi connectivity index (χ2n) is 5.07. The molecule has 3 heterocycles. The highest BCUT2D eigenvalue weighted by molar-refractivity contribution is 7.16. The molecular formula is C14H19ClN4S. The van der Waals surface area contributed by atoms with E-state index < -0.39 is 0 Å². The first-order chi connectivity index (χ1) is 9.72. The third-order valence-corrected chi connectivity index (χ3v) is 5.04. The van der Waals surface area contributed by atoms with Gasteiger partial charge in [0.1, 0.15) is 10.6 Å². The Bertz CT molecular complexity index is 596. The smallest absolute Gasteiger partial charge is 0.225 e. The van der Waals surface area contributed by atoms with E-state index in [1.165, 1.54) is 6.42 Å². The topological polar surface area (TPSA) is 32.3 Å². The van der Waals surface area contributed by atoms with Gasteiger partial charge in [0.25, 0.3) is 0 Å². The number of halogens is 1. The monoisotopic (exact) mass is 310 g/mol. The SMILES string of the molecule is CCN(CC)C1CCN(c2nc(Cl)nc3sccc23)C1. The molecule has 0 saturated carbocycles. The van der Waals surface area contributed by atoms with Crippen molar-refractivity contribution >= 4 is 39.0 Å². The summed E-state index contributed by atoms with van der Waals surface area (Å²) in [5.74, 6) is 0.996. The molecule has 108 valence electrons. The minimum absolute atomic E-state index is 0.348. The number of anilines is 1. The van der Waals surface area contributed by atoms with Crippen LogP contribution < -0.4 is 4.90 Å². The summed E-state index contributed by atoms with van der Waals surface area (Å²) in [7, 11) is 0. The molecule has 4 nitrogen and oxygen atoms in total. The highest BCUT2D eigenvalue weighted by Crippen LogP contribution is 2.31. The number of likely N-dealkylation sites (N-methyl/N-ethyl adjacent to an activating group) is 1. The molecule has 1 unspecified atom stereocenters. The van der Waals surface area contributed by atoms with Gasteiger partial charge in [-0.3, -0.25) is 4.90 Å². The van der Waals surface area contributed by atoms with E-state index in [0.29, 0.717) is 11.3 Å². The van der Waals surface area contributed by atoms with Crippen LogP contribution in [0.25, 0.3) is 10.2 Å². The van der Waals surface area contributed by atoms with Crippen LogP contribution in [0.15, 0.2) is 11.4 Å². The molecular weight excluding hydrogens is 292 g/mol. The molecule has 1 aliphatic rings. The Balaban J connectivity index is 1.87. The first-order valence-electron chi connectivity index (χ1n) is 7.12. The summed E-state index contributed by atoms with van der Waals surface area (Å²) in [6, 6.07) is 2.71. The zero-order chi connectivity index (χ0) is 14.1. The van der Waals surface area contributed by atoms with Crippen LogP contribution in [0.2, 0.25) is 5.28 Å². The fraction of sp³-hybridized carbons (Fsp3) is 0.571. The van der Waals surface area contributed by atoms with Crippen LogP contribution in [0.1, 0.15) is 20.3 Å². The number of thiophene rings is 1. The van der Waals surface area contributed by atoms with Gasteiger partial charge in [0, 0.05) is 19.1 Å². The lowest BCUT2D eigenvalue weighted by Gasteiger charge is -2.26. The lowest BCUT2D eigenvalue weighted by molar-refractivity contribution is 0.232. The summed E-state index contributed by atoms with van der Waals surface area (Å²) in [5, 5.41) is 3.53. The Morgan fingerprint density at radius 3 is 2.95 bits per heavy atom. The zero-order valence-corrected chi connectivity index (χ0v) is 13.4. The fourth-order valence-corrected chi connectivity index (χ4v) is 4.00. The highest BCUT2D eigenvalue weighted by atomic mass is 35.5. The first kappa shape index (κ1) is 14.0. The van der Waals surface area contributed by atoms with E-state index in [1.54, 1.807) is 11.3 Å². The molecule has 1 aliphatic heterocycles.